The Bertz CT molecular complexity index is 1120. The molecule has 2 amide bonds. The summed E-state index contributed by atoms with van der Waals surface area (Å²) in [5.74, 6) is 0.247. The molecule has 5 rings (SSSR count). The summed E-state index contributed by atoms with van der Waals surface area (Å²) in [6.07, 6.45) is 3.20. The number of hydrogen-bond acceptors (Lipinski definition) is 5. The second-order valence-electron chi connectivity index (χ2n) is 8.38. The number of hydrazone groups is 1. The maximum atomic E-state index is 12.9. The average Bonchev–Trinajstić information content (AvgIpc) is 3.51. The number of likely N-dealkylation sites (tertiary alicyclic amines) is 1. The van der Waals surface area contributed by atoms with Crippen molar-refractivity contribution in [1.82, 2.24) is 14.9 Å². The monoisotopic (exact) mass is 446 g/mol. The first kappa shape index (κ1) is 20.8. The highest BCUT2D eigenvalue weighted by molar-refractivity contribution is 7.18. The largest absolute Gasteiger partial charge is 0.342 e. The van der Waals surface area contributed by atoms with Crippen molar-refractivity contribution in [2.24, 2.45) is 5.10 Å². The van der Waals surface area contributed by atoms with Crippen LogP contribution in [0.5, 0.6) is 0 Å². The zero-order valence-electron chi connectivity index (χ0n) is 17.9. The van der Waals surface area contributed by atoms with Gasteiger partial charge in [0.2, 0.25) is 11.8 Å². The lowest BCUT2D eigenvalue weighted by molar-refractivity contribution is -0.137. The highest BCUT2D eigenvalue weighted by Crippen LogP contribution is 2.33. The molecule has 2 aromatic carbocycles. The zero-order chi connectivity index (χ0) is 21.9. The second-order valence-corrected chi connectivity index (χ2v) is 9.44. The smallest absolute Gasteiger partial charge is 0.243 e. The van der Waals surface area contributed by atoms with Crippen molar-refractivity contribution < 1.29 is 9.59 Å². The quantitative estimate of drug-likeness (QED) is 0.583. The van der Waals surface area contributed by atoms with Crippen molar-refractivity contribution in [2.45, 2.75) is 38.0 Å². The number of carbonyl (C=O) groups excluding carboxylic acids is 2. The second kappa shape index (κ2) is 9.20. The predicted molar refractivity (Wildman–Crippen MR) is 127 cm³/mol. The van der Waals surface area contributed by atoms with Gasteiger partial charge in [0, 0.05) is 38.3 Å². The van der Waals surface area contributed by atoms with Gasteiger partial charge in [-0.1, -0.05) is 42.5 Å². The van der Waals surface area contributed by atoms with Crippen molar-refractivity contribution in [3.63, 3.8) is 0 Å². The van der Waals surface area contributed by atoms with Crippen LogP contribution in [-0.4, -0.2) is 52.1 Å². The first-order valence-electron chi connectivity index (χ1n) is 11.2. The molecule has 0 unspecified atom stereocenters. The number of benzene rings is 2. The lowest BCUT2D eigenvalue weighted by Gasteiger charge is -2.32. The van der Waals surface area contributed by atoms with Gasteiger partial charge in [0.1, 0.15) is 0 Å². The van der Waals surface area contributed by atoms with Gasteiger partial charge >= 0.3 is 0 Å². The van der Waals surface area contributed by atoms with Gasteiger partial charge in [0.05, 0.1) is 27.5 Å². The number of piperidine rings is 1. The molecule has 0 bridgehead atoms. The Morgan fingerprint density at radius 1 is 0.969 bits per heavy atom. The van der Waals surface area contributed by atoms with Crippen LogP contribution in [0.4, 0.5) is 0 Å². The van der Waals surface area contributed by atoms with Crippen molar-refractivity contribution in [2.75, 3.05) is 19.6 Å². The van der Waals surface area contributed by atoms with E-state index in [-0.39, 0.29) is 30.6 Å². The molecule has 0 spiro atoms. The SMILES string of the molecule is O=C(CCC(=O)N1CCC(c2ccccc2)=N1)N1CCC[C@@H](c2nc3ccccc3s2)C1. The Labute approximate surface area is 191 Å². The Morgan fingerprint density at radius 2 is 1.75 bits per heavy atom. The molecular formula is C25H26N4O2S. The van der Waals surface area contributed by atoms with E-state index in [0.717, 1.165) is 47.6 Å². The van der Waals surface area contributed by atoms with Crippen LogP contribution >= 0.6 is 11.3 Å². The van der Waals surface area contributed by atoms with Gasteiger partial charge in [-0.25, -0.2) is 9.99 Å². The number of nitrogens with zero attached hydrogens (tertiary/aromatic N) is 4. The van der Waals surface area contributed by atoms with E-state index in [1.165, 1.54) is 9.71 Å². The summed E-state index contributed by atoms with van der Waals surface area (Å²) in [6.45, 7) is 2.03. The van der Waals surface area contributed by atoms with E-state index in [1.807, 2.05) is 53.4 Å². The van der Waals surface area contributed by atoms with Crippen LogP contribution in [0.3, 0.4) is 0 Å². The van der Waals surface area contributed by atoms with Gasteiger partial charge < -0.3 is 4.90 Å². The van der Waals surface area contributed by atoms with Crippen molar-refractivity contribution in [1.29, 1.82) is 0 Å². The lowest BCUT2D eigenvalue weighted by atomic mass is 9.98. The molecule has 0 radical (unpaired) electrons. The minimum absolute atomic E-state index is 0.0515. The fraction of sp³-hybridized carbons (Fsp3) is 0.360. The van der Waals surface area contributed by atoms with Crippen molar-refractivity contribution in [3.05, 3.63) is 65.2 Å². The van der Waals surface area contributed by atoms with Gasteiger partial charge in [0.25, 0.3) is 0 Å². The number of aromatic nitrogens is 1. The topological polar surface area (TPSA) is 65.9 Å². The number of thiazole rings is 1. The summed E-state index contributed by atoms with van der Waals surface area (Å²) in [4.78, 5) is 32.2. The third kappa shape index (κ3) is 4.43. The summed E-state index contributed by atoms with van der Waals surface area (Å²) in [7, 11) is 0. The molecule has 3 aromatic rings. The fourth-order valence-corrected chi connectivity index (χ4v) is 5.53. The number of carbonyl (C=O) groups is 2. The van der Waals surface area contributed by atoms with Gasteiger partial charge in [-0.05, 0) is 30.5 Å². The van der Waals surface area contributed by atoms with Gasteiger partial charge in [-0.3, -0.25) is 9.59 Å². The van der Waals surface area contributed by atoms with Crippen molar-refractivity contribution in [3.8, 4) is 0 Å². The van der Waals surface area contributed by atoms with E-state index in [1.54, 1.807) is 11.3 Å². The third-order valence-corrected chi connectivity index (χ3v) is 7.38. The van der Waals surface area contributed by atoms with E-state index < -0.39 is 0 Å². The molecular weight excluding hydrogens is 420 g/mol. The molecule has 0 saturated carbocycles. The van der Waals surface area contributed by atoms with Crippen LogP contribution in [0, 0.1) is 0 Å². The number of hydrogen-bond donors (Lipinski definition) is 0. The molecule has 0 N–H and O–H groups in total. The maximum absolute atomic E-state index is 12.9. The molecule has 1 atom stereocenters. The molecule has 2 aliphatic heterocycles. The average molecular weight is 447 g/mol. The lowest BCUT2D eigenvalue weighted by Crippen LogP contribution is -2.39. The van der Waals surface area contributed by atoms with Crippen LogP contribution in [0.2, 0.25) is 0 Å². The van der Waals surface area contributed by atoms with E-state index in [2.05, 4.69) is 11.2 Å². The molecule has 1 aromatic heterocycles. The van der Waals surface area contributed by atoms with Crippen LogP contribution in [0.1, 0.15) is 48.6 Å². The van der Waals surface area contributed by atoms with Gasteiger partial charge in [-0.15, -0.1) is 11.3 Å². The standard InChI is InChI=1S/C25H26N4O2S/c30-23(12-13-24(31)29-16-14-20(27-29)18-7-2-1-3-8-18)28-15-6-9-19(17-28)25-26-21-10-4-5-11-22(21)32-25/h1-5,7-8,10-11,19H,6,9,12-17H2/t19-/m1/s1. The van der Waals surface area contributed by atoms with Crippen LogP contribution < -0.4 is 0 Å². The maximum Gasteiger partial charge on any atom is 0.243 e. The predicted octanol–water partition coefficient (Wildman–Crippen LogP) is 4.42. The zero-order valence-corrected chi connectivity index (χ0v) is 18.8. The molecule has 2 aliphatic rings. The highest BCUT2D eigenvalue weighted by Gasteiger charge is 2.28. The normalized spacial score (nSPS) is 18.8. The highest BCUT2D eigenvalue weighted by atomic mass is 32.1. The molecule has 0 aliphatic carbocycles. The molecule has 1 saturated heterocycles. The van der Waals surface area contributed by atoms with E-state index in [0.29, 0.717) is 13.1 Å². The minimum Gasteiger partial charge on any atom is -0.342 e. The number of amides is 2. The molecule has 1 fully saturated rings. The summed E-state index contributed by atoms with van der Waals surface area (Å²) >= 11 is 1.73. The fourth-order valence-electron chi connectivity index (χ4n) is 4.44. The molecule has 7 heteroatoms. The summed E-state index contributed by atoms with van der Waals surface area (Å²) < 4.78 is 1.19. The van der Waals surface area contributed by atoms with Crippen LogP contribution in [-0.2, 0) is 9.59 Å². The first-order chi connectivity index (χ1) is 15.7. The first-order valence-corrected chi connectivity index (χ1v) is 12.1. The minimum atomic E-state index is -0.0796. The van der Waals surface area contributed by atoms with Crippen LogP contribution in [0.15, 0.2) is 59.7 Å². The summed E-state index contributed by atoms with van der Waals surface area (Å²) in [5, 5.41) is 7.12. The third-order valence-electron chi connectivity index (χ3n) is 6.18. The van der Waals surface area contributed by atoms with E-state index in [4.69, 9.17) is 4.98 Å². The number of rotatable bonds is 5. The van der Waals surface area contributed by atoms with Crippen molar-refractivity contribution >= 4 is 39.1 Å². The molecule has 164 valence electrons. The number of para-hydroxylation sites is 1. The Morgan fingerprint density at radius 3 is 2.59 bits per heavy atom. The summed E-state index contributed by atoms with van der Waals surface area (Å²) in [5.41, 5.74) is 3.01. The van der Waals surface area contributed by atoms with E-state index in [9.17, 15) is 9.59 Å². The van der Waals surface area contributed by atoms with Gasteiger partial charge in [0.15, 0.2) is 0 Å². The molecule has 3 heterocycles. The number of fused-ring (bicyclic) bond motifs is 1. The van der Waals surface area contributed by atoms with Crippen LogP contribution in [0.25, 0.3) is 10.2 Å². The Hall–Kier alpha value is -3.06. The van der Waals surface area contributed by atoms with Gasteiger partial charge in [-0.2, -0.15) is 5.10 Å². The Kier molecular flexibility index (Phi) is 5.99. The van der Waals surface area contributed by atoms with E-state index >= 15 is 0 Å². The summed E-state index contributed by atoms with van der Waals surface area (Å²) in [6, 6.07) is 18.1. The Balaban J connectivity index is 1.16. The molecule has 6 nitrogen and oxygen atoms in total. The molecule has 32 heavy (non-hydrogen) atoms.